The maximum atomic E-state index is 12.5. The van der Waals surface area contributed by atoms with Crippen LogP contribution in [0, 0.1) is 5.41 Å². The summed E-state index contributed by atoms with van der Waals surface area (Å²) in [6.07, 6.45) is 3.08. The van der Waals surface area contributed by atoms with Crippen LogP contribution in [-0.4, -0.2) is 29.9 Å². The van der Waals surface area contributed by atoms with Crippen LogP contribution in [0.2, 0.25) is 0 Å². The molecular formula is C17H26N2O. The lowest BCUT2D eigenvalue weighted by Crippen LogP contribution is -2.53. The smallest absolute Gasteiger partial charge is 0.253 e. The molecule has 0 aliphatic carbocycles. The summed E-state index contributed by atoms with van der Waals surface area (Å²) < 4.78 is 0. The van der Waals surface area contributed by atoms with Gasteiger partial charge in [-0.3, -0.25) is 4.79 Å². The highest BCUT2D eigenvalue weighted by Gasteiger charge is 2.35. The molecule has 1 unspecified atom stereocenters. The number of nitrogens with zero attached hydrogens (tertiary/aromatic N) is 1. The van der Waals surface area contributed by atoms with Crippen molar-refractivity contribution in [1.29, 1.82) is 0 Å². The number of aryl methyl sites for hydroxylation is 1. The van der Waals surface area contributed by atoms with Crippen LogP contribution in [0.4, 0.5) is 0 Å². The first-order valence-corrected chi connectivity index (χ1v) is 7.58. The molecule has 0 saturated carbocycles. The first-order valence-electron chi connectivity index (χ1n) is 7.58. The van der Waals surface area contributed by atoms with Gasteiger partial charge in [-0.1, -0.05) is 39.3 Å². The molecule has 1 atom stereocenters. The molecule has 1 saturated heterocycles. The molecule has 20 heavy (non-hydrogen) atoms. The van der Waals surface area contributed by atoms with Gasteiger partial charge >= 0.3 is 0 Å². The monoisotopic (exact) mass is 274 g/mol. The molecule has 0 radical (unpaired) electrons. The summed E-state index contributed by atoms with van der Waals surface area (Å²) in [4.78, 5) is 14.5. The van der Waals surface area contributed by atoms with Gasteiger partial charge in [0, 0.05) is 24.7 Å². The lowest BCUT2D eigenvalue weighted by atomic mass is 9.79. The average Bonchev–Trinajstić information content (AvgIpc) is 2.42. The molecule has 3 heteroatoms. The molecule has 0 aromatic heterocycles. The maximum absolute atomic E-state index is 12.5. The number of carbonyl (C=O) groups excluding carboxylic acids is 1. The Labute approximate surface area is 122 Å². The molecule has 1 amide bonds. The summed E-state index contributed by atoms with van der Waals surface area (Å²) in [5.74, 6) is 0.132. The van der Waals surface area contributed by atoms with Gasteiger partial charge in [0.15, 0.2) is 0 Å². The largest absolute Gasteiger partial charge is 0.338 e. The average molecular weight is 274 g/mol. The second-order valence-electron chi connectivity index (χ2n) is 6.56. The topological polar surface area (TPSA) is 46.3 Å². The minimum atomic E-state index is -0.00391. The summed E-state index contributed by atoms with van der Waals surface area (Å²) in [5.41, 5.74) is 8.21. The Kier molecular flexibility index (Phi) is 4.48. The van der Waals surface area contributed by atoms with E-state index in [-0.39, 0.29) is 17.4 Å². The van der Waals surface area contributed by atoms with Crippen molar-refractivity contribution >= 4 is 5.91 Å². The number of rotatable bonds is 3. The van der Waals surface area contributed by atoms with E-state index in [1.165, 1.54) is 5.56 Å². The van der Waals surface area contributed by atoms with Crippen LogP contribution in [0.5, 0.6) is 0 Å². The van der Waals surface area contributed by atoms with Crippen LogP contribution < -0.4 is 5.73 Å². The molecule has 1 aliphatic rings. The van der Waals surface area contributed by atoms with Crippen molar-refractivity contribution in [3.05, 3.63) is 35.4 Å². The third kappa shape index (κ3) is 3.21. The number of carbonyl (C=O) groups is 1. The van der Waals surface area contributed by atoms with Gasteiger partial charge in [-0.15, -0.1) is 0 Å². The molecule has 1 aliphatic heterocycles. The summed E-state index contributed by atoms with van der Waals surface area (Å²) in [6.45, 7) is 7.95. The highest BCUT2D eigenvalue weighted by Crippen LogP contribution is 2.28. The SMILES string of the molecule is CCCc1ccc(C(=O)N2CCC(N)C(C)(C)C2)cc1. The summed E-state index contributed by atoms with van der Waals surface area (Å²) in [5, 5.41) is 0. The number of likely N-dealkylation sites (tertiary alicyclic amines) is 1. The minimum Gasteiger partial charge on any atom is -0.338 e. The Hall–Kier alpha value is -1.35. The molecule has 2 rings (SSSR count). The van der Waals surface area contributed by atoms with Crippen LogP contribution in [0.15, 0.2) is 24.3 Å². The Morgan fingerprint density at radius 1 is 1.35 bits per heavy atom. The minimum absolute atomic E-state index is 0.00391. The highest BCUT2D eigenvalue weighted by atomic mass is 16.2. The number of amides is 1. The van der Waals surface area contributed by atoms with Crippen LogP contribution >= 0.6 is 0 Å². The number of piperidine rings is 1. The highest BCUT2D eigenvalue weighted by molar-refractivity contribution is 5.94. The molecular weight excluding hydrogens is 248 g/mol. The zero-order valence-corrected chi connectivity index (χ0v) is 12.9. The molecule has 0 bridgehead atoms. The lowest BCUT2D eigenvalue weighted by molar-refractivity contribution is 0.0533. The maximum Gasteiger partial charge on any atom is 0.253 e. The normalized spacial score (nSPS) is 21.8. The van der Waals surface area contributed by atoms with Crippen LogP contribution in [0.3, 0.4) is 0 Å². The van der Waals surface area contributed by atoms with E-state index in [1.807, 2.05) is 17.0 Å². The zero-order valence-electron chi connectivity index (χ0n) is 12.9. The Bertz CT molecular complexity index is 464. The van der Waals surface area contributed by atoms with Crippen molar-refractivity contribution in [2.45, 2.75) is 46.1 Å². The molecule has 1 aromatic rings. The van der Waals surface area contributed by atoms with E-state index >= 15 is 0 Å². The van der Waals surface area contributed by atoms with Gasteiger partial charge in [0.05, 0.1) is 0 Å². The van der Waals surface area contributed by atoms with Crippen molar-refractivity contribution in [2.24, 2.45) is 11.1 Å². The van der Waals surface area contributed by atoms with Gasteiger partial charge in [-0.25, -0.2) is 0 Å². The van der Waals surface area contributed by atoms with Crippen molar-refractivity contribution in [1.82, 2.24) is 4.90 Å². The second-order valence-corrected chi connectivity index (χ2v) is 6.56. The fourth-order valence-corrected chi connectivity index (χ4v) is 2.83. The fraction of sp³-hybridized carbons (Fsp3) is 0.588. The van der Waals surface area contributed by atoms with Gasteiger partial charge in [0.2, 0.25) is 0 Å². The third-order valence-corrected chi connectivity index (χ3v) is 4.34. The van der Waals surface area contributed by atoms with Crippen LogP contribution in [0.25, 0.3) is 0 Å². The van der Waals surface area contributed by atoms with E-state index in [2.05, 4.69) is 32.9 Å². The lowest BCUT2D eigenvalue weighted by Gasteiger charge is -2.42. The van der Waals surface area contributed by atoms with Gasteiger partial charge in [0.1, 0.15) is 0 Å². The Morgan fingerprint density at radius 3 is 2.55 bits per heavy atom. The predicted octanol–water partition coefficient (Wildman–Crippen LogP) is 2.84. The van der Waals surface area contributed by atoms with Crippen molar-refractivity contribution in [3.63, 3.8) is 0 Å². The van der Waals surface area contributed by atoms with Gasteiger partial charge in [0.25, 0.3) is 5.91 Å². The number of hydrogen-bond acceptors (Lipinski definition) is 2. The van der Waals surface area contributed by atoms with E-state index in [1.54, 1.807) is 0 Å². The number of hydrogen-bond donors (Lipinski definition) is 1. The molecule has 0 spiro atoms. The Morgan fingerprint density at radius 2 is 2.00 bits per heavy atom. The molecule has 1 fully saturated rings. The first kappa shape index (κ1) is 15.0. The molecule has 2 N–H and O–H groups in total. The molecule has 3 nitrogen and oxygen atoms in total. The fourth-order valence-electron chi connectivity index (χ4n) is 2.83. The second kappa shape index (κ2) is 5.96. The molecule has 1 heterocycles. The summed E-state index contributed by atoms with van der Waals surface area (Å²) in [7, 11) is 0. The van der Waals surface area contributed by atoms with Crippen molar-refractivity contribution in [3.8, 4) is 0 Å². The van der Waals surface area contributed by atoms with Crippen molar-refractivity contribution in [2.75, 3.05) is 13.1 Å². The molecule has 1 aromatic carbocycles. The quantitative estimate of drug-likeness (QED) is 0.921. The van der Waals surface area contributed by atoms with E-state index in [0.717, 1.165) is 37.9 Å². The van der Waals surface area contributed by atoms with E-state index in [9.17, 15) is 4.79 Å². The predicted molar refractivity (Wildman–Crippen MR) is 82.7 cm³/mol. The zero-order chi connectivity index (χ0) is 14.8. The first-order chi connectivity index (χ1) is 9.44. The summed E-state index contributed by atoms with van der Waals surface area (Å²) in [6, 6.07) is 8.22. The summed E-state index contributed by atoms with van der Waals surface area (Å²) >= 11 is 0. The van der Waals surface area contributed by atoms with Crippen LogP contribution in [-0.2, 0) is 6.42 Å². The van der Waals surface area contributed by atoms with E-state index in [0.29, 0.717) is 0 Å². The van der Waals surface area contributed by atoms with E-state index in [4.69, 9.17) is 5.73 Å². The van der Waals surface area contributed by atoms with Crippen molar-refractivity contribution < 1.29 is 4.79 Å². The van der Waals surface area contributed by atoms with Gasteiger partial charge in [-0.2, -0.15) is 0 Å². The third-order valence-electron chi connectivity index (χ3n) is 4.34. The van der Waals surface area contributed by atoms with E-state index < -0.39 is 0 Å². The standard InChI is InChI=1S/C17H26N2O/c1-4-5-13-6-8-14(9-7-13)16(20)19-11-10-15(18)17(2,3)12-19/h6-9,15H,4-5,10-12,18H2,1-3H3. The number of benzene rings is 1. The van der Waals surface area contributed by atoms with Gasteiger partial charge in [-0.05, 0) is 36.0 Å². The van der Waals surface area contributed by atoms with Gasteiger partial charge < -0.3 is 10.6 Å². The van der Waals surface area contributed by atoms with Crippen LogP contribution in [0.1, 0.15) is 49.5 Å². The Balaban J connectivity index is 2.07. The number of nitrogens with two attached hydrogens (primary N) is 1. The molecule has 110 valence electrons.